The van der Waals surface area contributed by atoms with E-state index in [0.717, 1.165) is 6.42 Å². The molecule has 2 unspecified atom stereocenters. The normalized spacial score (nSPS) is 20.7. The first-order chi connectivity index (χ1) is 9.75. The van der Waals surface area contributed by atoms with Crippen LogP contribution >= 0.6 is 0 Å². The Bertz CT molecular complexity index is 424. The molecule has 4 N–H and O–H groups in total. The minimum Gasteiger partial charge on any atom is -0.388 e. The van der Waals surface area contributed by atoms with Crippen molar-refractivity contribution in [1.82, 2.24) is 4.90 Å². The number of nitrogens with zero attached hydrogens (tertiary/aromatic N) is 1. The van der Waals surface area contributed by atoms with Gasteiger partial charge in [-0.3, -0.25) is 9.59 Å². The van der Waals surface area contributed by atoms with E-state index in [0.29, 0.717) is 12.8 Å². The van der Waals surface area contributed by atoms with Gasteiger partial charge in [0.05, 0.1) is 23.3 Å². The zero-order valence-corrected chi connectivity index (χ0v) is 14.5. The third-order valence-corrected chi connectivity index (χ3v) is 5.20. The van der Waals surface area contributed by atoms with Gasteiger partial charge in [-0.2, -0.15) is 0 Å². The van der Waals surface area contributed by atoms with Crippen molar-refractivity contribution in [2.24, 2.45) is 11.1 Å². The van der Waals surface area contributed by atoms with E-state index in [1.54, 1.807) is 41.5 Å². The SMILES string of the molecule is CC(N(C(=O)C1(C(N)=O)CCC1)C(C)C(C)(C)O)C(C)(C)O. The molecule has 6 nitrogen and oxygen atoms in total. The molecule has 2 amide bonds. The summed E-state index contributed by atoms with van der Waals surface area (Å²) in [7, 11) is 0. The number of rotatable bonds is 6. The molecule has 0 aromatic heterocycles. The van der Waals surface area contributed by atoms with Gasteiger partial charge in [-0.05, 0) is 54.4 Å². The lowest BCUT2D eigenvalue weighted by Crippen LogP contribution is -2.65. The average Bonchev–Trinajstić information content (AvgIpc) is 2.24. The number of primary amides is 1. The summed E-state index contributed by atoms with van der Waals surface area (Å²) in [6.07, 6.45) is 1.62. The smallest absolute Gasteiger partial charge is 0.238 e. The monoisotopic (exact) mass is 314 g/mol. The molecule has 0 saturated heterocycles. The standard InChI is InChI=1S/C16H30N2O4/c1-10(14(3,4)21)18(11(2)15(5,6)22)13(20)16(12(17)19)8-7-9-16/h10-11,21-22H,7-9H2,1-6H3,(H2,17,19). The van der Waals surface area contributed by atoms with E-state index in [1.807, 2.05) is 0 Å². The second-order valence-electron chi connectivity index (χ2n) is 7.67. The Hall–Kier alpha value is -1.14. The first-order valence-electron chi connectivity index (χ1n) is 7.82. The Labute approximate surface area is 132 Å². The van der Waals surface area contributed by atoms with Crippen molar-refractivity contribution < 1.29 is 19.8 Å². The molecule has 0 bridgehead atoms. The Morgan fingerprint density at radius 2 is 1.41 bits per heavy atom. The molecule has 1 saturated carbocycles. The van der Waals surface area contributed by atoms with Crippen LogP contribution in [0.4, 0.5) is 0 Å². The minimum absolute atomic E-state index is 0.393. The van der Waals surface area contributed by atoms with E-state index >= 15 is 0 Å². The van der Waals surface area contributed by atoms with Crippen LogP contribution in [0.15, 0.2) is 0 Å². The second kappa shape index (κ2) is 5.81. The molecule has 0 aromatic carbocycles. The molecule has 0 aliphatic heterocycles. The van der Waals surface area contributed by atoms with Crippen LogP contribution in [0.1, 0.15) is 60.8 Å². The highest BCUT2D eigenvalue weighted by Crippen LogP contribution is 2.44. The maximum absolute atomic E-state index is 13.1. The maximum Gasteiger partial charge on any atom is 0.238 e. The van der Waals surface area contributed by atoms with E-state index in [4.69, 9.17) is 5.73 Å². The lowest BCUT2D eigenvalue weighted by molar-refractivity contribution is -0.169. The molecular weight excluding hydrogens is 284 g/mol. The van der Waals surface area contributed by atoms with Crippen molar-refractivity contribution >= 4 is 11.8 Å². The molecule has 128 valence electrons. The third-order valence-electron chi connectivity index (χ3n) is 5.20. The summed E-state index contributed by atoms with van der Waals surface area (Å²) in [6, 6.07) is -1.14. The third kappa shape index (κ3) is 3.27. The van der Waals surface area contributed by atoms with E-state index in [1.165, 1.54) is 4.90 Å². The summed E-state index contributed by atoms with van der Waals surface area (Å²) in [5, 5.41) is 20.6. The van der Waals surface area contributed by atoms with Crippen molar-refractivity contribution in [3.05, 3.63) is 0 Å². The van der Waals surface area contributed by atoms with Crippen LogP contribution in [0.25, 0.3) is 0 Å². The lowest BCUT2D eigenvalue weighted by atomic mass is 9.66. The van der Waals surface area contributed by atoms with Crippen LogP contribution in [0, 0.1) is 5.41 Å². The fourth-order valence-electron chi connectivity index (χ4n) is 2.71. The van der Waals surface area contributed by atoms with Crippen LogP contribution in [0.2, 0.25) is 0 Å². The Morgan fingerprint density at radius 1 is 1.05 bits per heavy atom. The summed E-state index contributed by atoms with van der Waals surface area (Å²) >= 11 is 0. The number of hydrogen-bond donors (Lipinski definition) is 3. The summed E-state index contributed by atoms with van der Waals surface area (Å²) in [5.74, 6) is -1.02. The van der Waals surface area contributed by atoms with Gasteiger partial charge in [0.2, 0.25) is 11.8 Å². The molecule has 0 aromatic rings. The highest BCUT2D eigenvalue weighted by molar-refractivity contribution is 6.05. The molecule has 1 aliphatic carbocycles. The number of aliphatic hydroxyl groups is 2. The first-order valence-corrected chi connectivity index (χ1v) is 7.82. The van der Waals surface area contributed by atoms with Crippen LogP contribution in [0.3, 0.4) is 0 Å². The Kier molecular flexibility index (Phi) is 5.00. The molecule has 2 atom stereocenters. The number of carbonyl (C=O) groups is 2. The van der Waals surface area contributed by atoms with Gasteiger partial charge in [0.1, 0.15) is 5.41 Å². The van der Waals surface area contributed by atoms with Gasteiger partial charge in [-0.15, -0.1) is 0 Å². The largest absolute Gasteiger partial charge is 0.388 e. The summed E-state index contributed by atoms with van der Waals surface area (Å²) in [4.78, 5) is 26.3. The minimum atomic E-state index is -1.20. The number of hydrogen-bond acceptors (Lipinski definition) is 4. The molecule has 1 rings (SSSR count). The Morgan fingerprint density at radius 3 is 1.59 bits per heavy atom. The lowest BCUT2D eigenvalue weighted by Gasteiger charge is -2.49. The van der Waals surface area contributed by atoms with Crippen LogP contribution < -0.4 is 5.73 Å². The van der Waals surface area contributed by atoms with Crippen LogP contribution in [-0.2, 0) is 9.59 Å². The first kappa shape index (κ1) is 18.9. The second-order valence-corrected chi connectivity index (χ2v) is 7.67. The number of nitrogens with two attached hydrogens (primary N) is 1. The summed E-state index contributed by atoms with van der Waals surface area (Å²) in [5.41, 5.74) is 1.95. The van der Waals surface area contributed by atoms with Crippen LogP contribution in [0.5, 0.6) is 0 Å². The van der Waals surface area contributed by atoms with E-state index in [-0.39, 0.29) is 0 Å². The van der Waals surface area contributed by atoms with Crippen molar-refractivity contribution in [2.75, 3.05) is 0 Å². The Balaban J connectivity index is 3.26. The van der Waals surface area contributed by atoms with E-state index < -0.39 is 40.5 Å². The predicted octanol–water partition coefficient (Wildman–Crippen LogP) is 0.789. The fourth-order valence-corrected chi connectivity index (χ4v) is 2.71. The van der Waals surface area contributed by atoms with Crippen molar-refractivity contribution in [3.8, 4) is 0 Å². The summed E-state index contributed by atoms with van der Waals surface area (Å²) in [6.45, 7) is 9.85. The van der Waals surface area contributed by atoms with Gasteiger partial charge in [0.25, 0.3) is 0 Å². The predicted molar refractivity (Wildman–Crippen MR) is 83.8 cm³/mol. The number of amides is 2. The van der Waals surface area contributed by atoms with Gasteiger partial charge in [-0.25, -0.2) is 0 Å². The van der Waals surface area contributed by atoms with Gasteiger partial charge in [0.15, 0.2) is 0 Å². The topological polar surface area (TPSA) is 104 Å². The zero-order valence-electron chi connectivity index (χ0n) is 14.5. The zero-order chi connectivity index (χ0) is 17.5. The maximum atomic E-state index is 13.1. The molecule has 22 heavy (non-hydrogen) atoms. The van der Waals surface area contributed by atoms with Crippen molar-refractivity contribution in [2.45, 2.75) is 84.1 Å². The summed E-state index contributed by atoms with van der Waals surface area (Å²) < 4.78 is 0. The molecule has 0 heterocycles. The van der Waals surface area contributed by atoms with Gasteiger partial charge in [-0.1, -0.05) is 6.42 Å². The van der Waals surface area contributed by atoms with E-state index in [9.17, 15) is 19.8 Å². The molecule has 0 spiro atoms. The van der Waals surface area contributed by atoms with Gasteiger partial charge >= 0.3 is 0 Å². The van der Waals surface area contributed by atoms with Gasteiger partial charge < -0.3 is 20.8 Å². The highest BCUT2D eigenvalue weighted by Gasteiger charge is 2.54. The molecular formula is C16H30N2O4. The highest BCUT2D eigenvalue weighted by atomic mass is 16.3. The number of carbonyl (C=O) groups excluding carboxylic acids is 2. The molecule has 1 aliphatic rings. The van der Waals surface area contributed by atoms with E-state index in [2.05, 4.69) is 0 Å². The van der Waals surface area contributed by atoms with Crippen molar-refractivity contribution in [1.29, 1.82) is 0 Å². The van der Waals surface area contributed by atoms with Crippen LogP contribution in [-0.4, -0.2) is 50.2 Å². The van der Waals surface area contributed by atoms with Gasteiger partial charge in [0, 0.05) is 0 Å². The molecule has 1 fully saturated rings. The molecule has 0 radical (unpaired) electrons. The quantitative estimate of drug-likeness (QED) is 0.630. The average molecular weight is 314 g/mol. The fraction of sp³-hybridized carbons (Fsp3) is 0.875. The van der Waals surface area contributed by atoms with Crippen molar-refractivity contribution in [3.63, 3.8) is 0 Å². The molecule has 6 heteroatoms.